The van der Waals surface area contributed by atoms with Gasteiger partial charge in [-0.3, -0.25) is 19.9 Å². The number of nitro groups is 1. The predicted molar refractivity (Wildman–Crippen MR) is 109 cm³/mol. The molecule has 0 N–H and O–H groups in total. The van der Waals surface area contributed by atoms with Crippen LogP contribution in [0.3, 0.4) is 0 Å². The molecule has 1 aliphatic heterocycles. The van der Waals surface area contributed by atoms with Crippen LogP contribution in [-0.4, -0.2) is 30.1 Å². The quantitative estimate of drug-likeness (QED) is 0.514. The van der Waals surface area contributed by atoms with Gasteiger partial charge in [-0.25, -0.2) is 0 Å². The Hall–Kier alpha value is -3.80. The third-order valence-electron chi connectivity index (χ3n) is 4.80. The summed E-state index contributed by atoms with van der Waals surface area (Å²) in [5.41, 5.74) is 4.72. The lowest BCUT2D eigenvalue weighted by atomic mass is 9.95. The number of carbonyl (C=O) groups excluding carboxylic acids is 1. The smallest absolute Gasteiger partial charge is 0.270 e. The number of carbonyl (C=O) groups is 1. The minimum Gasteiger partial charge on any atom is -0.313 e. The molecule has 0 atom stereocenters. The Labute approximate surface area is 161 Å². The fraction of sp³-hybridized carbons (Fsp3) is 0.0909. The summed E-state index contributed by atoms with van der Waals surface area (Å²) in [4.78, 5) is 29.2. The van der Waals surface area contributed by atoms with Crippen LogP contribution in [0.1, 0.15) is 11.1 Å². The van der Waals surface area contributed by atoms with Crippen molar-refractivity contribution in [2.75, 3.05) is 18.5 Å². The van der Waals surface area contributed by atoms with Crippen molar-refractivity contribution in [2.24, 2.45) is 4.99 Å². The highest BCUT2D eigenvalue weighted by Gasteiger charge is 2.24. The summed E-state index contributed by atoms with van der Waals surface area (Å²) < 4.78 is 0. The van der Waals surface area contributed by atoms with Crippen molar-refractivity contribution in [3.63, 3.8) is 0 Å². The minimum atomic E-state index is -0.431. The van der Waals surface area contributed by atoms with Crippen LogP contribution in [-0.2, 0) is 4.79 Å². The fourth-order valence-electron chi connectivity index (χ4n) is 3.31. The second-order valence-corrected chi connectivity index (χ2v) is 6.52. The lowest BCUT2D eigenvalue weighted by Gasteiger charge is -2.19. The maximum absolute atomic E-state index is 12.4. The fourth-order valence-corrected chi connectivity index (χ4v) is 3.31. The lowest BCUT2D eigenvalue weighted by Crippen LogP contribution is -2.27. The molecule has 0 aromatic heterocycles. The van der Waals surface area contributed by atoms with E-state index in [1.165, 1.54) is 12.1 Å². The molecular weight excluding hydrogens is 354 g/mol. The average molecular weight is 371 g/mol. The summed E-state index contributed by atoms with van der Waals surface area (Å²) in [7, 11) is 1.72. The van der Waals surface area contributed by atoms with E-state index in [0.717, 1.165) is 22.4 Å². The van der Waals surface area contributed by atoms with Gasteiger partial charge in [0.05, 0.1) is 16.3 Å². The van der Waals surface area contributed by atoms with Gasteiger partial charge in [0.25, 0.3) is 5.69 Å². The summed E-state index contributed by atoms with van der Waals surface area (Å²) >= 11 is 0. The standard InChI is InChI=1S/C22H17N3O3/c1-24-20-11-10-16(15-6-3-2-4-7-15)13-19(20)22(23-14-21(24)26)17-8-5-9-18(12-17)25(27)28/h2-13H,14H2,1H3. The number of amides is 1. The second-order valence-electron chi connectivity index (χ2n) is 6.52. The zero-order chi connectivity index (χ0) is 19.7. The Balaban J connectivity index is 1.91. The molecule has 138 valence electrons. The molecule has 4 rings (SSSR count). The maximum atomic E-state index is 12.4. The highest BCUT2D eigenvalue weighted by atomic mass is 16.6. The van der Waals surface area contributed by atoms with E-state index < -0.39 is 4.92 Å². The molecule has 0 unspecified atom stereocenters. The van der Waals surface area contributed by atoms with Gasteiger partial charge in [-0.05, 0) is 23.3 Å². The number of benzodiazepines with no additional fused rings is 1. The summed E-state index contributed by atoms with van der Waals surface area (Å²) in [5.74, 6) is -0.130. The van der Waals surface area contributed by atoms with Gasteiger partial charge in [-0.15, -0.1) is 0 Å². The first-order valence-electron chi connectivity index (χ1n) is 8.80. The van der Waals surface area contributed by atoms with Gasteiger partial charge in [0, 0.05) is 30.3 Å². The summed E-state index contributed by atoms with van der Waals surface area (Å²) in [5, 5.41) is 11.2. The van der Waals surface area contributed by atoms with Crippen molar-refractivity contribution in [1.29, 1.82) is 0 Å². The SMILES string of the molecule is CN1C(=O)CN=C(c2cccc([N+](=O)[O-])c2)c2cc(-c3ccccc3)ccc21. The first-order chi connectivity index (χ1) is 13.5. The van der Waals surface area contributed by atoms with Gasteiger partial charge in [-0.2, -0.15) is 0 Å². The van der Waals surface area contributed by atoms with Crippen LogP contribution in [0.15, 0.2) is 77.8 Å². The molecule has 0 fully saturated rings. The van der Waals surface area contributed by atoms with E-state index in [0.29, 0.717) is 11.3 Å². The van der Waals surface area contributed by atoms with Crippen molar-refractivity contribution >= 4 is 23.0 Å². The Kier molecular flexibility index (Phi) is 4.45. The van der Waals surface area contributed by atoms with Gasteiger partial charge in [-0.1, -0.05) is 48.5 Å². The molecule has 1 heterocycles. The maximum Gasteiger partial charge on any atom is 0.270 e. The van der Waals surface area contributed by atoms with Crippen LogP contribution < -0.4 is 4.90 Å². The number of hydrogen-bond donors (Lipinski definition) is 0. The van der Waals surface area contributed by atoms with Gasteiger partial charge in [0.1, 0.15) is 6.54 Å². The molecule has 0 radical (unpaired) electrons. The van der Waals surface area contributed by atoms with E-state index in [1.54, 1.807) is 24.1 Å². The zero-order valence-corrected chi connectivity index (χ0v) is 15.2. The number of fused-ring (bicyclic) bond motifs is 1. The number of hydrogen-bond acceptors (Lipinski definition) is 4. The monoisotopic (exact) mass is 371 g/mol. The van der Waals surface area contributed by atoms with Crippen LogP contribution >= 0.6 is 0 Å². The van der Waals surface area contributed by atoms with Crippen molar-refractivity contribution in [3.05, 3.63) is 94.0 Å². The molecule has 0 aliphatic carbocycles. The molecule has 3 aromatic rings. The van der Waals surface area contributed by atoms with E-state index >= 15 is 0 Å². The molecule has 0 saturated heterocycles. The number of non-ortho nitro benzene ring substituents is 1. The average Bonchev–Trinajstić information content (AvgIpc) is 2.85. The molecular formula is C22H17N3O3. The predicted octanol–water partition coefficient (Wildman–Crippen LogP) is 4.08. The molecule has 0 bridgehead atoms. The third-order valence-corrected chi connectivity index (χ3v) is 4.80. The van der Waals surface area contributed by atoms with Gasteiger partial charge < -0.3 is 4.90 Å². The largest absolute Gasteiger partial charge is 0.313 e. The highest BCUT2D eigenvalue weighted by Crippen LogP contribution is 2.31. The number of nitrogens with zero attached hydrogens (tertiary/aromatic N) is 3. The normalized spacial score (nSPS) is 13.5. The summed E-state index contributed by atoms with van der Waals surface area (Å²) in [6.07, 6.45) is 0. The van der Waals surface area contributed by atoms with E-state index in [4.69, 9.17) is 0 Å². The number of likely N-dealkylation sites (N-methyl/N-ethyl adjacent to an activating group) is 1. The van der Waals surface area contributed by atoms with Gasteiger partial charge in [0.15, 0.2) is 0 Å². The third kappa shape index (κ3) is 3.16. The Morgan fingerprint density at radius 3 is 2.43 bits per heavy atom. The van der Waals surface area contributed by atoms with Crippen molar-refractivity contribution in [1.82, 2.24) is 0 Å². The van der Waals surface area contributed by atoms with Gasteiger partial charge in [0.2, 0.25) is 5.91 Å². The Bertz CT molecular complexity index is 1110. The van der Waals surface area contributed by atoms with E-state index in [9.17, 15) is 14.9 Å². The molecule has 0 spiro atoms. The van der Waals surface area contributed by atoms with Crippen molar-refractivity contribution in [3.8, 4) is 11.1 Å². The Morgan fingerprint density at radius 2 is 1.68 bits per heavy atom. The number of aliphatic imine (C=N–C) groups is 1. The van der Waals surface area contributed by atoms with Crippen LogP contribution in [0, 0.1) is 10.1 Å². The number of nitro benzene ring substituents is 1. The number of rotatable bonds is 3. The molecule has 1 aliphatic rings. The van der Waals surface area contributed by atoms with Crippen LogP contribution in [0.2, 0.25) is 0 Å². The summed E-state index contributed by atoms with van der Waals surface area (Å²) in [6, 6.07) is 22.1. The molecule has 6 heteroatoms. The van der Waals surface area contributed by atoms with E-state index in [2.05, 4.69) is 4.99 Å². The van der Waals surface area contributed by atoms with Crippen molar-refractivity contribution in [2.45, 2.75) is 0 Å². The number of benzene rings is 3. The molecule has 0 saturated carbocycles. The van der Waals surface area contributed by atoms with E-state index in [1.807, 2.05) is 48.5 Å². The molecule has 3 aromatic carbocycles. The second kappa shape index (κ2) is 7.08. The van der Waals surface area contributed by atoms with Crippen LogP contribution in [0.4, 0.5) is 11.4 Å². The van der Waals surface area contributed by atoms with Crippen LogP contribution in [0.5, 0.6) is 0 Å². The first-order valence-corrected chi connectivity index (χ1v) is 8.80. The minimum absolute atomic E-state index is 0.00936. The first kappa shape index (κ1) is 17.6. The van der Waals surface area contributed by atoms with Gasteiger partial charge >= 0.3 is 0 Å². The lowest BCUT2D eigenvalue weighted by molar-refractivity contribution is -0.384. The molecule has 6 nitrogen and oxygen atoms in total. The number of anilines is 1. The summed E-state index contributed by atoms with van der Waals surface area (Å²) in [6.45, 7) is -0.0100. The van der Waals surface area contributed by atoms with E-state index in [-0.39, 0.29) is 18.1 Å². The highest BCUT2D eigenvalue weighted by molar-refractivity contribution is 6.20. The molecule has 28 heavy (non-hydrogen) atoms. The molecule has 1 amide bonds. The van der Waals surface area contributed by atoms with Crippen LogP contribution in [0.25, 0.3) is 11.1 Å². The topological polar surface area (TPSA) is 75.8 Å². The zero-order valence-electron chi connectivity index (χ0n) is 15.2. The van der Waals surface area contributed by atoms with Crippen molar-refractivity contribution < 1.29 is 9.72 Å². The Morgan fingerprint density at radius 1 is 0.929 bits per heavy atom.